The van der Waals surface area contributed by atoms with Gasteiger partial charge in [0.1, 0.15) is 11.3 Å². The SMILES string of the molecule is COC(=O)C1CC(C)=CC1CC1OC(C)(C)N(C(=O)OC(C)(C)C)C1Cc1ccccc1. The molecule has 0 saturated carbocycles. The van der Waals surface area contributed by atoms with Crippen molar-refractivity contribution in [2.24, 2.45) is 11.8 Å². The summed E-state index contributed by atoms with van der Waals surface area (Å²) in [4.78, 5) is 27.4. The Balaban J connectivity index is 1.91. The maximum atomic E-state index is 13.3. The van der Waals surface area contributed by atoms with Crippen molar-refractivity contribution in [2.75, 3.05) is 7.11 Å². The Kier molecular flexibility index (Phi) is 7.03. The molecule has 0 N–H and O–H groups in total. The monoisotopic (exact) mass is 443 g/mol. The summed E-state index contributed by atoms with van der Waals surface area (Å²) in [6, 6.07) is 9.89. The van der Waals surface area contributed by atoms with E-state index in [4.69, 9.17) is 14.2 Å². The Labute approximate surface area is 191 Å². The van der Waals surface area contributed by atoms with Crippen LogP contribution in [-0.2, 0) is 25.4 Å². The largest absolute Gasteiger partial charge is 0.469 e. The molecular weight excluding hydrogens is 406 g/mol. The van der Waals surface area contributed by atoms with E-state index in [0.29, 0.717) is 19.3 Å². The van der Waals surface area contributed by atoms with Gasteiger partial charge in [0.05, 0.1) is 25.2 Å². The molecule has 1 aliphatic heterocycles. The smallest absolute Gasteiger partial charge is 0.412 e. The average molecular weight is 444 g/mol. The molecule has 0 spiro atoms. The van der Waals surface area contributed by atoms with Crippen LogP contribution in [0.15, 0.2) is 42.0 Å². The van der Waals surface area contributed by atoms with Crippen LogP contribution in [0.1, 0.15) is 59.9 Å². The molecule has 4 unspecified atom stereocenters. The second kappa shape index (κ2) is 9.26. The van der Waals surface area contributed by atoms with Crippen LogP contribution in [-0.4, -0.2) is 47.5 Å². The third kappa shape index (κ3) is 5.52. The molecule has 1 heterocycles. The van der Waals surface area contributed by atoms with Gasteiger partial charge >= 0.3 is 12.1 Å². The number of carbonyl (C=O) groups is 2. The first-order valence-electron chi connectivity index (χ1n) is 11.4. The fourth-order valence-corrected chi connectivity index (χ4v) is 4.98. The second-order valence-corrected chi connectivity index (χ2v) is 10.5. The molecule has 176 valence electrons. The van der Waals surface area contributed by atoms with Crippen molar-refractivity contribution in [1.29, 1.82) is 0 Å². The Morgan fingerprint density at radius 3 is 2.44 bits per heavy atom. The number of esters is 1. The van der Waals surface area contributed by atoms with E-state index < -0.39 is 11.3 Å². The number of ether oxygens (including phenoxy) is 3. The summed E-state index contributed by atoms with van der Waals surface area (Å²) in [5, 5.41) is 0. The van der Waals surface area contributed by atoms with E-state index in [1.807, 2.05) is 59.7 Å². The van der Waals surface area contributed by atoms with Crippen molar-refractivity contribution in [1.82, 2.24) is 4.90 Å². The van der Waals surface area contributed by atoms with E-state index in [9.17, 15) is 9.59 Å². The summed E-state index contributed by atoms with van der Waals surface area (Å²) < 4.78 is 17.3. The van der Waals surface area contributed by atoms with E-state index in [1.54, 1.807) is 4.90 Å². The third-order valence-corrected chi connectivity index (χ3v) is 6.22. The van der Waals surface area contributed by atoms with Gasteiger partial charge in [-0.25, -0.2) is 4.79 Å². The quantitative estimate of drug-likeness (QED) is 0.467. The number of amides is 1. The van der Waals surface area contributed by atoms with Crippen LogP contribution in [0.2, 0.25) is 0 Å². The first-order valence-corrected chi connectivity index (χ1v) is 11.4. The van der Waals surface area contributed by atoms with Crippen LogP contribution in [0.25, 0.3) is 0 Å². The molecular formula is C26H37NO5. The van der Waals surface area contributed by atoms with Crippen LogP contribution in [0, 0.1) is 11.8 Å². The van der Waals surface area contributed by atoms with Crippen LogP contribution in [0.5, 0.6) is 0 Å². The number of hydrogen-bond acceptors (Lipinski definition) is 5. The lowest BCUT2D eigenvalue weighted by molar-refractivity contribution is -0.146. The van der Waals surface area contributed by atoms with Crippen molar-refractivity contribution in [3.63, 3.8) is 0 Å². The summed E-state index contributed by atoms with van der Waals surface area (Å²) in [5.41, 5.74) is 0.875. The second-order valence-electron chi connectivity index (χ2n) is 10.5. The molecule has 6 nitrogen and oxygen atoms in total. The maximum absolute atomic E-state index is 13.3. The Morgan fingerprint density at radius 1 is 1.19 bits per heavy atom. The van der Waals surface area contributed by atoms with Crippen molar-refractivity contribution >= 4 is 12.1 Å². The zero-order chi connectivity index (χ0) is 23.7. The minimum absolute atomic E-state index is 0.0140. The number of hydrogen-bond donors (Lipinski definition) is 0. The van der Waals surface area contributed by atoms with E-state index in [2.05, 4.69) is 18.2 Å². The Morgan fingerprint density at radius 2 is 1.84 bits per heavy atom. The van der Waals surface area contributed by atoms with Crippen molar-refractivity contribution in [3.8, 4) is 0 Å². The standard InChI is InChI=1S/C26H37NO5/c1-17-13-19(20(14-17)23(28)30-7)16-22-21(15-18-11-9-8-10-12-18)27(26(5,6)31-22)24(29)32-25(2,3)4/h8-13,19-22H,14-16H2,1-7H3. The molecule has 3 rings (SSSR count). The van der Waals surface area contributed by atoms with Gasteiger partial charge in [-0.3, -0.25) is 9.69 Å². The first-order chi connectivity index (χ1) is 14.9. The minimum Gasteiger partial charge on any atom is -0.469 e. The Bertz CT molecular complexity index is 855. The molecule has 6 heteroatoms. The van der Waals surface area contributed by atoms with Gasteiger partial charge in [0.2, 0.25) is 0 Å². The zero-order valence-corrected chi connectivity index (χ0v) is 20.4. The molecule has 32 heavy (non-hydrogen) atoms. The van der Waals surface area contributed by atoms with E-state index in [0.717, 1.165) is 5.56 Å². The van der Waals surface area contributed by atoms with Crippen LogP contribution < -0.4 is 0 Å². The fourth-order valence-electron chi connectivity index (χ4n) is 4.98. The molecule has 1 amide bonds. The van der Waals surface area contributed by atoms with Crippen molar-refractivity contribution in [2.45, 2.75) is 84.3 Å². The molecule has 1 aliphatic carbocycles. The van der Waals surface area contributed by atoms with Gasteiger partial charge in [-0.1, -0.05) is 42.0 Å². The number of methoxy groups -OCH3 is 1. The van der Waals surface area contributed by atoms with Gasteiger partial charge in [0.15, 0.2) is 0 Å². The fraction of sp³-hybridized carbons (Fsp3) is 0.615. The maximum Gasteiger partial charge on any atom is 0.412 e. The highest BCUT2D eigenvalue weighted by molar-refractivity contribution is 5.74. The molecule has 1 saturated heterocycles. The summed E-state index contributed by atoms with van der Waals surface area (Å²) in [7, 11) is 1.44. The number of allylic oxidation sites excluding steroid dienone is 2. The molecule has 2 aliphatic rings. The number of nitrogens with zero attached hydrogens (tertiary/aromatic N) is 1. The van der Waals surface area contributed by atoms with E-state index in [1.165, 1.54) is 12.7 Å². The summed E-state index contributed by atoms with van der Waals surface area (Å²) in [5.74, 6) is -0.385. The van der Waals surface area contributed by atoms with Gasteiger partial charge in [-0.15, -0.1) is 0 Å². The molecule has 1 fully saturated rings. The number of benzene rings is 1. The lowest BCUT2D eigenvalue weighted by Crippen LogP contribution is -2.51. The summed E-state index contributed by atoms with van der Waals surface area (Å²) in [6.45, 7) is 11.5. The van der Waals surface area contributed by atoms with Gasteiger partial charge in [0, 0.05) is 0 Å². The van der Waals surface area contributed by atoms with E-state index >= 15 is 0 Å². The van der Waals surface area contributed by atoms with Crippen molar-refractivity contribution < 1.29 is 23.8 Å². The number of carbonyl (C=O) groups excluding carboxylic acids is 2. The molecule has 0 bridgehead atoms. The van der Waals surface area contributed by atoms with Gasteiger partial charge in [0.25, 0.3) is 0 Å². The predicted molar refractivity (Wildman–Crippen MR) is 123 cm³/mol. The topological polar surface area (TPSA) is 65.1 Å². The van der Waals surface area contributed by atoms with Crippen LogP contribution >= 0.6 is 0 Å². The molecule has 0 radical (unpaired) electrons. The minimum atomic E-state index is -0.829. The average Bonchev–Trinajstić information content (AvgIpc) is 3.16. The highest BCUT2D eigenvalue weighted by atomic mass is 16.6. The summed E-state index contributed by atoms with van der Waals surface area (Å²) in [6.07, 6.45) is 3.52. The zero-order valence-electron chi connectivity index (χ0n) is 20.4. The summed E-state index contributed by atoms with van der Waals surface area (Å²) >= 11 is 0. The molecule has 1 aromatic rings. The normalized spacial score (nSPS) is 27.2. The van der Waals surface area contributed by atoms with Crippen LogP contribution in [0.4, 0.5) is 4.79 Å². The van der Waals surface area contributed by atoms with E-state index in [-0.39, 0.29) is 36.0 Å². The van der Waals surface area contributed by atoms with Gasteiger partial charge in [-0.2, -0.15) is 0 Å². The third-order valence-electron chi connectivity index (χ3n) is 6.22. The number of rotatable bonds is 5. The van der Waals surface area contributed by atoms with Gasteiger partial charge < -0.3 is 14.2 Å². The molecule has 4 atom stereocenters. The predicted octanol–water partition coefficient (Wildman–Crippen LogP) is 5.12. The Hall–Kier alpha value is -2.34. The highest BCUT2D eigenvalue weighted by Crippen LogP contribution is 2.42. The van der Waals surface area contributed by atoms with Crippen LogP contribution in [0.3, 0.4) is 0 Å². The first kappa shape index (κ1) is 24.3. The molecule has 0 aromatic heterocycles. The highest BCUT2D eigenvalue weighted by Gasteiger charge is 2.52. The molecule has 1 aromatic carbocycles. The van der Waals surface area contributed by atoms with Gasteiger partial charge in [-0.05, 0) is 72.3 Å². The lowest BCUT2D eigenvalue weighted by Gasteiger charge is -2.35. The lowest BCUT2D eigenvalue weighted by atomic mass is 9.87. The van der Waals surface area contributed by atoms with Crippen molar-refractivity contribution in [3.05, 3.63) is 47.5 Å².